The minimum absolute atomic E-state index is 0.128. The second-order valence-electron chi connectivity index (χ2n) is 4.21. The summed E-state index contributed by atoms with van der Waals surface area (Å²) in [5.74, 6) is 0. The van der Waals surface area contributed by atoms with E-state index in [0.29, 0.717) is 0 Å². The van der Waals surface area contributed by atoms with E-state index in [1.54, 1.807) is 12.8 Å². The van der Waals surface area contributed by atoms with Crippen molar-refractivity contribution in [3.05, 3.63) is 0 Å². The molecule has 0 heterocycles. The third-order valence-electron chi connectivity index (χ3n) is 2.37. The quantitative estimate of drug-likeness (QED) is 0.541. The summed E-state index contributed by atoms with van der Waals surface area (Å²) in [6, 6.07) is 0. The Hall–Kier alpha value is 0.434. The van der Waals surface area contributed by atoms with Crippen LogP contribution in [0, 0.1) is 0 Å². The van der Waals surface area contributed by atoms with E-state index in [2.05, 4.69) is 26.2 Å². The normalized spacial score (nSPS) is 21.0. The minimum Gasteiger partial charge on any atom is -0.0729 e. The lowest BCUT2D eigenvalue weighted by Crippen LogP contribution is -2.40. The van der Waals surface area contributed by atoms with Gasteiger partial charge in [-0.3, -0.25) is 0 Å². The maximum Gasteiger partial charge on any atom is 0.0400 e. The predicted octanol–water partition coefficient (Wildman–Crippen LogP) is 2.69. The van der Waals surface area contributed by atoms with Gasteiger partial charge >= 0.3 is 0 Å². The van der Waals surface area contributed by atoms with Crippen molar-refractivity contribution in [1.29, 1.82) is 0 Å². The first-order chi connectivity index (χ1) is 4.02. The molecular weight excluding hydrogens is 140 g/mol. The van der Waals surface area contributed by atoms with Crippen LogP contribution in [-0.2, 0) is 0 Å². The third-order valence-corrected chi connectivity index (χ3v) is 14.9. The molecule has 1 aliphatic carbocycles. The third kappa shape index (κ3) is 1.93. The first kappa shape index (κ1) is 7.54. The Kier molecular flexibility index (Phi) is 1.87. The van der Waals surface area contributed by atoms with Gasteiger partial charge < -0.3 is 0 Å². The Morgan fingerprint density at radius 1 is 1.22 bits per heavy atom. The molecule has 0 spiro atoms. The van der Waals surface area contributed by atoms with Gasteiger partial charge in [0, 0.05) is 15.9 Å². The molecule has 0 aromatic heterocycles. The average molecular weight is 157 g/mol. The van der Waals surface area contributed by atoms with Crippen molar-refractivity contribution in [2.45, 2.75) is 44.6 Å². The van der Waals surface area contributed by atoms with Crippen molar-refractivity contribution in [3.8, 4) is 0 Å². The highest BCUT2D eigenvalue weighted by Crippen LogP contribution is 2.41. The highest BCUT2D eigenvalue weighted by Gasteiger charge is 2.37. The van der Waals surface area contributed by atoms with E-state index in [0.717, 1.165) is 0 Å². The van der Waals surface area contributed by atoms with Crippen LogP contribution in [0.5, 0.6) is 0 Å². The second kappa shape index (κ2) is 2.24. The van der Waals surface area contributed by atoms with Gasteiger partial charge in [0.25, 0.3) is 0 Å². The van der Waals surface area contributed by atoms with Crippen LogP contribution < -0.4 is 0 Å². The van der Waals surface area contributed by atoms with Gasteiger partial charge in [0.2, 0.25) is 0 Å². The SMILES string of the molecule is C[Si](C1CC1)[Si](C)(C)C. The molecule has 0 aromatic carbocycles. The molecule has 0 saturated heterocycles. The molecule has 1 radical (unpaired) electrons. The molecule has 0 aromatic rings. The van der Waals surface area contributed by atoms with E-state index in [1.807, 2.05) is 0 Å². The Balaban J connectivity index is 2.40. The first-order valence-corrected chi connectivity index (χ1v) is 10.4. The molecule has 1 aliphatic rings. The highest BCUT2D eigenvalue weighted by molar-refractivity contribution is 7.32. The van der Waals surface area contributed by atoms with Crippen molar-refractivity contribution in [1.82, 2.24) is 0 Å². The minimum atomic E-state index is -0.659. The van der Waals surface area contributed by atoms with Gasteiger partial charge in [-0.25, -0.2) is 0 Å². The van der Waals surface area contributed by atoms with Crippen molar-refractivity contribution in [2.75, 3.05) is 0 Å². The van der Waals surface area contributed by atoms with Crippen LogP contribution >= 0.6 is 0 Å². The van der Waals surface area contributed by atoms with Crippen LogP contribution in [0.4, 0.5) is 0 Å². The maximum absolute atomic E-state index is 2.55. The molecule has 53 valence electrons. The van der Waals surface area contributed by atoms with Gasteiger partial charge in [0.05, 0.1) is 0 Å². The first-order valence-electron chi connectivity index (χ1n) is 3.86. The molecule has 9 heavy (non-hydrogen) atoms. The molecule has 0 unspecified atom stereocenters. The lowest BCUT2D eigenvalue weighted by molar-refractivity contribution is 1.41. The summed E-state index contributed by atoms with van der Waals surface area (Å²) in [6.07, 6.45) is 3.13. The summed E-state index contributed by atoms with van der Waals surface area (Å²) >= 11 is 0. The molecule has 0 atom stereocenters. The summed E-state index contributed by atoms with van der Waals surface area (Å²) in [7, 11) is -0.532. The smallest absolute Gasteiger partial charge is 0.0400 e. The van der Waals surface area contributed by atoms with Gasteiger partial charge in [-0.05, 0) is 5.54 Å². The van der Waals surface area contributed by atoms with Crippen molar-refractivity contribution in [3.63, 3.8) is 0 Å². The molecule has 0 bridgehead atoms. The fourth-order valence-corrected chi connectivity index (χ4v) is 7.93. The van der Waals surface area contributed by atoms with Crippen molar-refractivity contribution < 1.29 is 0 Å². The fraction of sp³-hybridized carbons (Fsp3) is 1.00. The molecule has 0 amide bonds. The molecule has 0 nitrogen and oxygen atoms in total. The number of hydrogen-bond acceptors (Lipinski definition) is 0. The Morgan fingerprint density at radius 2 is 1.67 bits per heavy atom. The van der Waals surface area contributed by atoms with Crippen LogP contribution in [0.15, 0.2) is 0 Å². The van der Waals surface area contributed by atoms with E-state index in [4.69, 9.17) is 0 Å². The van der Waals surface area contributed by atoms with Crippen LogP contribution in [0.1, 0.15) is 12.8 Å². The maximum atomic E-state index is 2.55. The molecule has 1 rings (SSSR count). The van der Waals surface area contributed by atoms with Gasteiger partial charge in [-0.2, -0.15) is 0 Å². The number of hydrogen-bond donors (Lipinski definition) is 0. The van der Waals surface area contributed by atoms with Gasteiger partial charge in [-0.1, -0.05) is 39.0 Å². The fourth-order valence-electron chi connectivity index (χ4n) is 1.13. The van der Waals surface area contributed by atoms with Crippen LogP contribution in [0.3, 0.4) is 0 Å². The monoisotopic (exact) mass is 157 g/mol. The van der Waals surface area contributed by atoms with E-state index in [-0.39, 0.29) is 8.31 Å². The Morgan fingerprint density at radius 3 is 1.78 bits per heavy atom. The molecule has 1 fully saturated rings. The summed E-state index contributed by atoms with van der Waals surface area (Å²) in [5, 5.41) is 0. The van der Waals surface area contributed by atoms with E-state index >= 15 is 0 Å². The van der Waals surface area contributed by atoms with Crippen LogP contribution in [0.2, 0.25) is 31.7 Å². The zero-order valence-corrected chi connectivity index (χ0v) is 8.99. The van der Waals surface area contributed by atoms with E-state index < -0.39 is 7.59 Å². The largest absolute Gasteiger partial charge is 0.0729 e. The molecule has 0 N–H and O–H groups in total. The van der Waals surface area contributed by atoms with Gasteiger partial charge in [0.15, 0.2) is 0 Å². The summed E-state index contributed by atoms with van der Waals surface area (Å²) in [4.78, 5) is 0. The second-order valence-corrected chi connectivity index (χ2v) is 17.8. The lowest BCUT2D eigenvalue weighted by Gasteiger charge is -2.22. The summed E-state index contributed by atoms with van der Waals surface area (Å²) < 4.78 is 0. The molecular formula is C7H17Si2. The molecule has 0 aliphatic heterocycles. The zero-order valence-electron chi connectivity index (χ0n) is 6.99. The highest BCUT2D eigenvalue weighted by atomic mass is 29.2. The van der Waals surface area contributed by atoms with Crippen LogP contribution in [0.25, 0.3) is 0 Å². The zero-order chi connectivity index (χ0) is 7.07. The molecule has 1 saturated carbocycles. The Bertz CT molecular complexity index is 100.0. The topological polar surface area (TPSA) is 0 Å². The van der Waals surface area contributed by atoms with Gasteiger partial charge in [-0.15, -0.1) is 0 Å². The summed E-state index contributed by atoms with van der Waals surface area (Å²) in [6.45, 7) is 10.1. The predicted molar refractivity (Wildman–Crippen MR) is 47.9 cm³/mol. The summed E-state index contributed by atoms with van der Waals surface area (Å²) in [5.41, 5.74) is 1.22. The lowest BCUT2D eigenvalue weighted by atomic mass is 11.0. The average Bonchev–Trinajstić information content (AvgIpc) is 2.40. The van der Waals surface area contributed by atoms with Crippen molar-refractivity contribution >= 4 is 15.9 Å². The standard InChI is InChI=1S/C7H17Si2/c1-8(7-5-6-7)9(2,3)4/h7H,5-6H2,1-4H3. The van der Waals surface area contributed by atoms with Crippen molar-refractivity contribution in [2.24, 2.45) is 0 Å². The Labute approximate surface area is 61.1 Å². The number of rotatable bonds is 2. The van der Waals surface area contributed by atoms with E-state index in [9.17, 15) is 0 Å². The van der Waals surface area contributed by atoms with E-state index in [1.165, 1.54) is 5.54 Å². The van der Waals surface area contributed by atoms with Crippen LogP contribution in [-0.4, -0.2) is 15.9 Å². The molecule has 2 heteroatoms. The van der Waals surface area contributed by atoms with Gasteiger partial charge in [0.1, 0.15) is 0 Å².